The number of carbonyl (C=O) groups excluding carboxylic acids is 1. The van der Waals surface area contributed by atoms with E-state index < -0.39 is 28.3 Å². The van der Waals surface area contributed by atoms with Crippen molar-refractivity contribution in [1.29, 1.82) is 0 Å². The first-order valence-corrected chi connectivity index (χ1v) is 10.5. The maximum Gasteiger partial charge on any atom is 0.245 e. The van der Waals surface area contributed by atoms with E-state index in [-0.39, 0.29) is 5.69 Å². The number of ether oxygens (including phenoxy) is 1. The van der Waals surface area contributed by atoms with E-state index in [1.165, 1.54) is 12.1 Å². The van der Waals surface area contributed by atoms with Crippen molar-refractivity contribution in [2.75, 3.05) is 22.4 Å². The van der Waals surface area contributed by atoms with Crippen LogP contribution in [0.5, 0.6) is 11.5 Å². The van der Waals surface area contributed by atoms with Crippen molar-refractivity contribution >= 4 is 27.3 Å². The summed E-state index contributed by atoms with van der Waals surface area (Å²) in [5, 5.41) is 2.64. The second kappa shape index (κ2) is 8.74. The summed E-state index contributed by atoms with van der Waals surface area (Å²) in [5.74, 6) is 0.256. The number of carbonyl (C=O) groups is 1. The Balaban J connectivity index is 1.66. The number of nitrogens with one attached hydrogen (secondary N) is 1. The Bertz CT molecular complexity index is 1070. The quantitative estimate of drug-likeness (QED) is 0.634. The third-order valence-electron chi connectivity index (χ3n) is 3.92. The third kappa shape index (κ3) is 5.79. The van der Waals surface area contributed by atoms with E-state index in [1.54, 1.807) is 24.3 Å². The number of amides is 1. The van der Waals surface area contributed by atoms with Crippen molar-refractivity contribution in [1.82, 2.24) is 0 Å². The Kier molecular flexibility index (Phi) is 6.13. The fourth-order valence-corrected chi connectivity index (χ4v) is 3.43. The highest BCUT2D eigenvalue weighted by atomic mass is 32.2. The van der Waals surface area contributed by atoms with E-state index in [0.29, 0.717) is 17.2 Å². The number of nitrogens with zero attached hydrogens (tertiary/aromatic N) is 1. The molecule has 3 rings (SSSR count). The molecule has 3 aromatic carbocycles. The van der Waals surface area contributed by atoms with Gasteiger partial charge in [0.25, 0.3) is 0 Å². The maximum atomic E-state index is 13.1. The minimum absolute atomic E-state index is 0.204. The molecule has 0 saturated heterocycles. The van der Waals surface area contributed by atoms with Crippen LogP contribution in [0.2, 0.25) is 0 Å². The summed E-state index contributed by atoms with van der Waals surface area (Å²) in [5.41, 5.74) is 0.693. The van der Waals surface area contributed by atoms with Crippen molar-refractivity contribution in [3.8, 4) is 11.5 Å². The lowest BCUT2D eigenvalue weighted by atomic mass is 10.3. The molecule has 0 aliphatic heterocycles. The van der Waals surface area contributed by atoms with Gasteiger partial charge in [-0.1, -0.05) is 18.2 Å². The molecule has 8 heteroatoms. The standard InChI is InChI=1S/C21H19FN2O4S/c1-29(26,27)24(18-11-7-16(22)8-12-18)15-21(25)23-17-9-13-20(14-10-17)28-19-5-3-2-4-6-19/h2-14H,15H2,1H3,(H,23,25). The highest BCUT2D eigenvalue weighted by Crippen LogP contribution is 2.23. The van der Waals surface area contributed by atoms with Gasteiger partial charge in [-0.2, -0.15) is 0 Å². The molecule has 0 aromatic heterocycles. The number of hydrogen-bond donors (Lipinski definition) is 1. The van der Waals surface area contributed by atoms with Gasteiger partial charge in [-0.25, -0.2) is 12.8 Å². The maximum absolute atomic E-state index is 13.1. The summed E-state index contributed by atoms with van der Waals surface area (Å²) < 4.78 is 43.8. The smallest absolute Gasteiger partial charge is 0.245 e. The van der Waals surface area contributed by atoms with Gasteiger partial charge in [-0.05, 0) is 60.7 Å². The molecule has 0 aliphatic carbocycles. The zero-order valence-electron chi connectivity index (χ0n) is 15.6. The predicted molar refractivity (Wildman–Crippen MR) is 110 cm³/mol. The molecule has 150 valence electrons. The zero-order valence-corrected chi connectivity index (χ0v) is 16.4. The Labute approximate surface area is 168 Å². The minimum Gasteiger partial charge on any atom is -0.457 e. The van der Waals surface area contributed by atoms with Crippen LogP contribution in [0.15, 0.2) is 78.9 Å². The molecule has 0 bridgehead atoms. The first kappa shape index (κ1) is 20.3. The van der Waals surface area contributed by atoms with Gasteiger partial charge < -0.3 is 10.1 Å². The first-order chi connectivity index (χ1) is 13.8. The van der Waals surface area contributed by atoms with Crippen LogP contribution in [-0.4, -0.2) is 27.1 Å². The van der Waals surface area contributed by atoms with E-state index in [0.717, 1.165) is 22.7 Å². The van der Waals surface area contributed by atoms with Gasteiger partial charge in [-0.3, -0.25) is 9.10 Å². The predicted octanol–water partition coefficient (Wildman–Crippen LogP) is 4.02. The lowest BCUT2D eigenvalue weighted by molar-refractivity contribution is -0.114. The monoisotopic (exact) mass is 414 g/mol. The summed E-state index contributed by atoms with van der Waals surface area (Å²) >= 11 is 0. The molecule has 6 nitrogen and oxygen atoms in total. The van der Waals surface area contributed by atoms with Gasteiger partial charge in [0.1, 0.15) is 23.9 Å². The third-order valence-corrected chi connectivity index (χ3v) is 5.06. The molecule has 0 unspecified atom stereocenters. The van der Waals surface area contributed by atoms with E-state index in [2.05, 4.69) is 5.32 Å². The fourth-order valence-electron chi connectivity index (χ4n) is 2.57. The number of sulfonamides is 1. The van der Waals surface area contributed by atoms with E-state index in [4.69, 9.17) is 4.74 Å². The zero-order chi connectivity index (χ0) is 20.9. The molecule has 0 atom stereocenters. The van der Waals surface area contributed by atoms with Crippen LogP contribution in [0, 0.1) is 5.82 Å². The van der Waals surface area contributed by atoms with Crippen LogP contribution in [0.1, 0.15) is 0 Å². The van der Waals surface area contributed by atoms with Crippen molar-refractivity contribution in [2.45, 2.75) is 0 Å². The highest BCUT2D eigenvalue weighted by molar-refractivity contribution is 7.92. The van der Waals surface area contributed by atoms with Crippen LogP contribution in [0.4, 0.5) is 15.8 Å². The lowest BCUT2D eigenvalue weighted by Crippen LogP contribution is -2.37. The number of hydrogen-bond acceptors (Lipinski definition) is 4. The summed E-state index contributed by atoms with van der Waals surface area (Å²) in [6.45, 7) is -0.438. The lowest BCUT2D eigenvalue weighted by Gasteiger charge is -2.21. The fraction of sp³-hybridized carbons (Fsp3) is 0.0952. The second-order valence-electron chi connectivity index (χ2n) is 6.23. The summed E-state index contributed by atoms with van der Waals surface area (Å²) in [4.78, 5) is 12.4. The average molecular weight is 414 g/mol. The number of halogens is 1. The van der Waals surface area contributed by atoms with Gasteiger partial charge >= 0.3 is 0 Å². The number of para-hydroxylation sites is 1. The molecule has 1 N–H and O–H groups in total. The highest BCUT2D eigenvalue weighted by Gasteiger charge is 2.21. The molecule has 0 heterocycles. The largest absolute Gasteiger partial charge is 0.457 e. The molecular formula is C21H19FN2O4S. The molecule has 0 aliphatic rings. The van der Waals surface area contributed by atoms with E-state index >= 15 is 0 Å². The van der Waals surface area contributed by atoms with Crippen LogP contribution in [0.3, 0.4) is 0 Å². The topological polar surface area (TPSA) is 75.7 Å². The average Bonchev–Trinajstić information content (AvgIpc) is 2.68. The molecule has 1 amide bonds. The van der Waals surface area contributed by atoms with Crippen LogP contribution >= 0.6 is 0 Å². The van der Waals surface area contributed by atoms with Gasteiger partial charge in [0.2, 0.25) is 15.9 Å². The van der Waals surface area contributed by atoms with Gasteiger partial charge in [-0.15, -0.1) is 0 Å². The SMILES string of the molecule is CS(=O)(=O)N(CC(=O)Nc1ccc(Oc2ccccc2)cc1)c1ccc(F)cc1. The number of benzene rings is 3. The summed E-state index contributed by atoms with van der Waals surface area (Å²) in [6.07, 6.45) is 0.985. The Hall–Kier alpha value is -3.39. The minimum atomic E-state index is -3.73. The molecule has 0 saturated carbocycles. The Morgan fingerprint density at radius 2 is 1.52 bits per heavy atom. The van der Waals surface area contributed by atoms with E-state index in [9.17, 15) is 17.6 Å². The van der Waals surface area contributed by atoms with E-state index in [1.807, 2.05) is 30.3 Å². The van der Waals surface area contributed by atoms with Gasteiger partial charge in [0.15, 0.2) is 0 Å². The van der Waals surface area contributed by atoms with Crippen LogP contribution in [-0.2, 0) is 14.8 Å². The van der Waals surface area contributed by atoms with Crippen LogP contribution < -0.4 is 14.4 Å². The Morgan fingerprint density at radius 3 is 2.10 bits per heavy atom. The Morgan fingerprint density at radius 1 is 0.931 bits per heavy atom. The van der Waals surface area contributed by atoms with Crippen molar-refractivity contribution in [3.05, 3.63) is 84.7 Å². The van der Waals surface area contributed by atoms with Crippen molar-refractivity contribution in [2.24, 2.45) is 0 Å². The first-order valence-electron chi connectivity index (χ1n) is 8.67. The van der Waals surface area contributed by atoms with Crippen molar-refractivity contribution < 1.29 is 22.3 Å². The number of anilines is 2. The molecule has 0 spiro atoms. The van der Waals surface area contributed by atoms with Crippen molar-refractivity contribution in [3.63, 3.8) is 0 Å². The second-order valence-corrected chi connectivity index (χ2v) is 8.14. The summed E-state index contributed by atoms with van der Waals surface area (Å²) in [6, 6.07) is 20.8. The molecular weight excluding hydrogens is 395 g/mol. The summed E-state index contributed by atoms with van der Waals surface area (Å²) in [7, 11) is -3.73. The number of rotatable bonds is 7. The molecule has 3 aromatic rings. The molecule has 0 fully saturated rings. The normalized spacial score (nSPS) is 11.0. The van der Waals surface area contributed by atoms with Gasteiger partial charge in [0, 0.05) is 5.69 Å². The van der Waals surface area contributed by atoms with Crippen LogP contribution in [0.25, 0.3) is 0 Å². The molecule has 29 heavy (non-hydrogen) atoms. The molecule has 0 radical (unpaired) electrons. The van der Waals surface area contributed by atoms with Gasteiger partial charge in [0.05, 0.1) is 11.9 Å².